The van der Waals surface area contributed by atoms with Crippen LogP contribution in [0.5, 0.6) is 0 Å². The van der Waals surface area contributed by atoms with Gasteiger partial charge in [0, 0.05) is 0 Å². The summed E-state index contributed by atoms with van der Waals surface area (Å²) in [6, 6.07) is 0. The third kappa shape index (κ3) is 2.83. The van der Waals surface area contributed by atoms with Crippen LogP contribution in [0.1, 0.15) is 27.2 Å². The summed E-state index contributed by atoms with van der Waals surface area (Å²) in [5.74, 6) is -1.68. The molecule has 0 radical (unpaired) electrons. The lowest BCUT2D eigenvalue weighted by atomic mass is 9.99. The molecule has 64 valence electrons. The molecule has 0 aliphatic carbocycles. The normalized spacial score (nSPS) is 15.7. The van der Waals surface area contributed by atoms with Crippen LogP contribution in [0.25, 0.3) is 0 Å². The van der Waals surface area contributed by atoms with Crippen LogP contribution in [-0.2, 0) is 0 Å². The van der Waals surface area contributed by atoms with Crippen LogP contribution in [0.15, 0.2) is 23.8 Å². The van der Waals surface area contributed by atoms with Crippen molar-refractivity contribution in [3.8, 4) is 0 Å². The minimum Gasteiger partial charge on any atom is -0.204 e. The van der Waals surface area contributed by atoms with Crippen molar-refractivity contribution in [2.45, 2.75) is 27.2 Å². The van der Waals surface area contributed by atoms with E-state index in [2.05, 4.69) is 6.58 Å². The first-order chi connectivity index (χ1) is 5.00. The summed E-state index contributed by atoms with van der Waals surface area (Å²) in [7, 11) is 0. The van der Waals surface area contributed by atoms with Crippen LogP contribution in [0.4, 0.5) is 8.78 Å². The maximum atomic E-state index is 12.8. The highest BCUT2D eigenvalue weighted by atomic mass is 19.2. The van der Waals surface area contributed by atoms with Crippen molar-refractivity contribution in [1.82, 2.24) is 0 Å². The van der Waals surface area contributed by atoms with Gasteiger partial charge in [0.2, 0.25) is 0 Å². The lowest BCUT2D eigenvalue weighted by Gasteiger charge is -2.09. The highest BCUT2D eigenvalue weighted by Gasteiger charge is 2.10. The second-order valence-corrected chi connectivity index (χ2v) is 2.71. The van der Waals surface area contributed by atoms with Crippen molar-refractivity contribution < 1.29 is 8.78 Å². The molecule has 0 aliphatic rings. The van der Waals surface area contributed by atoms with Gasteiger partial charge < -0.3 is 0 Å². The molecule has 1 unspecified atom stereocenters. The van der Waals surface area contributed by atoms with Gasteiger partial charge in [-0.05, 0) is 24.8 Å². The van der Waals surface area contributed by atoms with Crippen LogP contribution in [0, 0.1) is 5.92 Å². The molecule has 0 rings (SSSR count). The molecule has 0 saturated carbocycles. The Bertz CT molecular complexity index is 180. The molecular formula is C9H14F2. The average Bonchev–Trinajstić information content (AvgIpc) is 2.00. The fourth-order valence-corrected chi connectivity index (χ4v) is 0.736. The average molecular weight is 160 g/mol. The predicted octanol–water partition coefficient (Wildman–Crippen LogP) is 3.76. The minimum atomic E-state index is -0.970. The standard InChI is InChI=1S/C9H14F2/c1-5-6(2)7(3)9(11)8(4)10/h6H,4-5H2,1-3H3/b9-7+. The van der Waals surface area contributed by atoms with Gasteiger partial charge >= 0.3 is 0 Å². The Labute approximate surface area is 66.6 Å². The van der Waals surface area contributed by atoms with E-state index < -0.39 is 11.7 Å². The topological polar surface area (TPSA) is 0 Å². The van der Waals surface area contributed by atoms with Crippen LogP contribution in [0.3, 0.4) is 0 Å². The van der Waals surface area contributed by atoms with Crippen molar-refractivity contribution in [2.24, 2.45) is 5.92 Å². The molecule has 0 aromatic carbocycles. The van der Waals surface area contributed by atoms with E-state index in [0.717, 1.165) is 6.42 Å². The van der Waals surface area contributed by atoms with Gasteiger partial charge in [-0.25, -0.2) is 8.78 Å². The molecule has 0 nitrogen and oxygen atoms in total. The molecule has 11 heavy (non-hydrogen) atoms. The molecule has 2 heteroatoms. The van der Waals surface area contributed by atoms with E-state index in [1.165, 1.54) is 0 Å². The molecule has 0 heterocycles. The highest BCUT2D eigenvalue weighted by molar-refractivity contribution is 5.22. The van der Waals surface area contributed by atoms with Gasteiger partial charge in [0.25, 0.3) is 0 Å². The lowest BCUT2D eigenvalue weighted by molar-refractivity contribution is 0.516. The number of rotatable bonds is 3. The zero-order valence-corrected chi connectivity index (χ0v) is 7.25. The quantitative estimate of drug-likeness (QED) is 0.551. The Morgan fingerprint density at radius 3 is 2.18 bits per heavy atom. The smallest absolute Gasteiger partial charge is 0.157 e. The van der Waals surface area contributed by atoms with E-state index in [-0.39, 0.29) is 5.92 Å². The van der Waals surface area contributed by atoms with E-state index in [0.29, 0.717) is 5.57 Å². The third-order valence-electron chi connectivity index (χ3n) is 1.94. The number of halogens is 2. The summed E-state index contributed by atoms with van der Waals surface area (Å²) in [5, 5.41) is 0. The summed E-state index contributed by atoms with van der Waals surface area (Å²) in [6.07, 6.45) is 0.812. The Balaban J connectivity index is 4.51. The van der Waals surface area contributed by atoms with Gasteiger partial charge in [-0.2, -0.15) is 0 Å². The first-order valence-corrected chi connectivity index (χ1v) is 3.71. The zero-order chi connectivity index (χ0) is 9.02. The van der Waals surface area contributed by atoms with Gasteiger partial charge in [0.15, 0.2) is 11.7 Å². The molecule has 0 aliphatic heterocycles. The van der Waals surface area contributed by atoms with E-state index in [1.807, 2.05) is 13.8 Å². The summed E-state index contributed by atoms with van der Waals surface area (Å²) in [6.45, 7) is 8.28. The van der Waals surface area contributed by atoms with Gasteiger partial charge in [-0.15, -0.1) is 0 Å². The number of allylic oxidation sites excluding steroid dienone is 3. The zero-order valence-electron chi connectivity index (χ0n) is 7.25. The Hall–Kier alpha value is -0.660. The molecule has 0 spiro atoms. The Kier molecular flexibility index (Phi) is 4.01. The van der Waals surface area contributed by atoms with Crippen LogP contribution in [0.2, 0.25) is 0 Å². The lowest BCUT2D eigenvalue weighted by Crippen LogP contribution is -1.96. The first kappa shape index (κ1) is 10.3. The summed E-state index contributed by atoms with van der Waals surface area (Å²) >= 11 is 0. The summed E-state index contributed by atoms with van der Waals surface area (Å²) < 4.78 is 25.0. The SMILES string of the molecule is C=C(F)/C(F)=C(/C)C(C)CC. The van der Waals surface area contributed by atoms with Crippen LogP contribution in [-0.4, -0.2) is 0 Å². The Morgan fingerprint density at radius 1 is 1.45 bits per heavy atom. The van der Waals surface area contributed by atoms with Crippen LogP contribution >= 0.6 is 0 Å². The maximum Gasteiger partial charge on any atom is 0.157 e. The minimum absolute atomic E-state index is 0.0856. The van der Waals surface area contributed by atoms with Crippen molar-refractivity contribution >= 4 is 0 Å². The number of hydrogen-bond donors (Lipinski definition) is 0. The van der Waals surface area contributed by atoms with Crippen molar-refractivity contribution in [3.63, 3.8) is 0 Å². The fourth-order valence-electron chi connectivity index (χ4n) is 0.736. The van der Waals surface area contributed by atoms with E-state index in [1.54, 1.807) is 6.92 Å². The van der Waals surface area contributed by atoms with E-state index in [9.17, 15) is 8.78 Å². The van der Waals surface area contributed by atoms with Crippen molar-refractivity contribution in [2.75, 3.05) is 0 Å². The van der Waals surface area contributed by atoms with Gasteiger partial charge in [0.05, 0.1) is 0 Å². The molecule has 0 aromatic rings. The highest BCUT2D eigenvalue weighted by Crippen LogP contribution is 2.23. The molecule has 0 amide bonds. The van der Waals surface area contributed by atoms with Gasteiger partial charge in [-0.1, -0.05) is 20.4 Å². The molecule has 1 atom stereocenters. The molecule has 0 saturated heterocycles. The third-order valence-corrected chi connectivity index (χ3v) is 1.94. The molecule has 0 bridgehead atoms. The van der Waals surface area contributed by atoms with Gasteiger partial charge in [-0.3, -0.25) is 0 Å². The van der Waals surface area contributed by atoms with E-state index >= 15 is 0 Å². The molecule has 0 aromatic heterocycles. The first-order valence-electron chi connectivity index (χ1n) is 3.71. The van der Waals surface area contributed by atoms with Crippen molar-refractivity contribution in [1.29, 1.82) is 0 Å². The second kappa shape index (κ2) is 4.27. The predicted molar refractivity (Wildman–Crippen MR) is 43.5 cm³/mol. The second-order valence-electron chi connectivity index (χ2n) is 2.71. The van der Waals surface area contributed by atoms with E-state index in [4.69, 9.17) is 0 Å². The summed E-state index contributed by atoms with van der Waals surface area (Å²) in [4.78, 5) is 0. The fraction of sp³-hybridized carbons (Fsp3) is 0.556. The number of hydrogen-bond acceptors (Lipinski definition) is 0. The largest absolute Gasteiger partial charge is 0.204 e. The van der Waals surface area contributed by atoms with Gasteiger partial charge in [0.1, 0.15) is 0 Å². The molecule has 0 N–H and O–H groups in total. The monoisotopic (exact) mass is 160 g/mol. The van der Waals surface area contributed by atoms with Crippen LogP contribution < -0.4 is 0 Å². The molecular weight excluding hydrogens is 146 g/mol. The molecule has 0 fully saturated rings. The summed E-state index contributed by atoms with van der Waals surface area (Å²) in [5.41, 5.74) is 0.444. The Morgan fingerprint density at radius 2 is 1.91 bits per heavy atom. The maximum absolute atomic E-state index is 12.8. The van der Waals surface area contributed by atoms with Crippen molar-refractivity contribution in [3.05, 3.63) is 23.8 Å².